The highest BCUT2D eigenvalue weighted by Gasteiger charge is 2.29. The molecule has 1 aliphatic carbocycles. The Morgan fingerprint density at radius 2 is 1.61 bits per heavy atom. The van der Waals surface area contributed by atoms with E-state index in [4.69, 9.17) is 27.9 Å². The van der Waals surface area contributed by atoms with Gasteiger partial charge in [-0.15, -0.1) is 0 Å². The summed E-state index contributed by atoms with van der Waals surface area (Å²) in [6, 6.07) is 7.92. The maximum atomic E-state index is 12.9. The summed E-state index contributed by atoms with van der Waals surface area (Å²) in [6.07, 6.45) is -0.875. The van der Waals surface area contributed by atoms with Gasteiger partial charge in [-0.2, -0.15) is 13.2 Å². The molecule has 0 atom stereocenters. The Balaban J connectivity index is 0.000000423. The first-order valence-corrected chi connectivity index (χ1v) is 11.3. The van der Waals surface area contributed by atoms with Gasteiger partial charge in [0.15, 0.2) is 0 Å². The van der Waals surface area contributed by atoms with E-state index < -0.39 is 21.9 Å². The molecule has 0 bridgehead atoms. The van der Waals surface area contributed by atoms with Crippen LogP contribution in [0.1, 0.15) is 24.0 Å². The van der Waals surface area contributed by atoms with E-state index >= 15 is 0 Å². The number of allylic oxidation sites excluding steroid dienone is 1. The van der Waals surface area contributed by atoms with Gasteiger partial charge in [0.05, 0.1) is 17.7 Å². The molecule has 0 aliphatic heterocycles. The second-order valence-electron chi connectivity index (χ2n) is 6.72. The molecule has 31 heavy (non-hydrogen) atoms. The number of ether oxygens (including phenoxy) is 1. The smallest absolute Gasteiger partial charge is 0.430 e. The number of nitrogens with one attached hydrogen (secondary N) is 1. The third-order valence-corrected chi connectivity index (χ3v) is 6.34. The lowest BCUT2D eigenvalue weighted by Gasteiger charge is -2.22. The molecule has 2 aromatic rings. The van der Waals surface area contributed by atoms with E-state index in [0.717, 1.165) is 42.6 Å². The van der Waals surface area contributed by atoms with E-state index in [2.05, 4.69) is 17.0 Å². The first-order chi connectivity index (χ1) is 14.3. The molecule has 0 saturated carbocycles. The second kappa shape index (κ2) is 10.0. The quantitative estimate of drug-likeness (QED) is 0.568. The lowest BCUT2D eigenvalue weighted by Crippen LogP contribution is -2.18. The van der Waals surface area contributed by atoms with Gasteiger partial charge < -0.3 is 10.5 Å². The van der Waals surface area contributed by atoms with E-state index in [1.165, 1.54) is 12.1 Å². The van der Waals surface area contributed by atoms with Crippen molar-refractivity contribution in [2.75, 3.05) is 11.8 Å². The van der Waals surface area contributed by atoms with E-state index in [1.54, 1.807) is 25.3 Å². The van der Waals surface area contributed by atoms with Crippen LogP contribution in [0.2, 0.25) is 10.0 Å². The first kappa shape index (κ1) is 25.2. The number of methoxy groups -OCH3 is 1. The molecular formula is C20H21Cl2F3N2O3S. The molecule has 0 aromatic heterocycles. The van der Waals surface area contributed by atoms with E-state index in [-0.39, 0.29) is 4.90 Å². The SMILES string of the molecule is C=C(N)C(F)(F)F.COc1ccc(S(=O)(=O)Nc2cc(Cl)cc(Cl)c2)c2c1CCCC2. The number of sulfonamides is 1. The van der Waals surface area contributed by atoms with Crippen molar-refractivity contribution < 1.29 is 26.3 Å². The minimum absolute atomic E-state index is 0.286. The Morgan fingerprint density at radius 1 is 1.10 bits per heavy atom. The zero-order chi connectivity index (χ0) is 23.4. The van der Waals surface area contributed by atoms with Gasteiger partial charge in [0.25, 0.3) is 10.0 Å². The molecule has 5 nitrogen and oxygen atoms in total. The van der Waals surface area contributed by atoms with Crippen molar-refractivity contribution in [2.45, 2.75) is 36.8 Å². The minimum Gasteiger partial charge on any atom is -0.496 e. The van der Waals surface area contributed by atoms with Crippen LogP contribution in [-0.4, -0.2) is 21.7 Å². The van der Waals surface area contributed by atoms with Gasteiger partial charge in [0.1, 0.15) is 11.4 Å². The summed E-state index contributed by atoms with van der Waals surface area (Å²) in [6.45, 7) is 2.48. The topological polar surface area (TPSA) is 81.4 Å². The fourth-order valence-electron chi connectivity index (χ4n) is 3.07. The zero-order valence-corrected chi connectivity index (χ0v) is 18.9. The molecule has 170 valence electrons. The van der Waals surface area contributed by atoms with Crippen molar-refractivity contribution in [1.82, 2.24) is 0 Å². The number of halogens is 5. The Hall–Kier alpha value is -2.10. The Bertz CT molecular complexity index is 1050. The summed E-state index contributed by atoms with van der Waals surface area (Å²) in [7, 11) is -2.13. The van der Waals surface area contributed by atoms with E-state index in [9.17, 15) is 21.6 Å². The van der Waals surface area contributed by atoms with Crippen molar-refractivity contribution in [3.8, 4) is 5.75 Å². The molecule has 0 amide bonds. The third kappa shape index (κ3) is 6.69. The number of nitrogens with two attached hydrogens (primary N) is 1. The molecule has 0 spiro atoms. The van der Waals surface area contributed by atoms with Gasteiger partial charge in [-0.3, -0.25) is 4.72 Å². The number of fused-ring (bicyclic) bond motifs is 1. The van der Waals surface area contributed by atoms with Crippen molar-refractivity contribution in [2.24, 2.45) is 5.73 Å². The maximum Gasteiger partial charge on any atom is 0.430 e. The van der Waals surface area contributed by atoms with Crippen LogP contribution in [0, 0.1) is 0 Å². The number of rotatable bonds is 4. The lowest BCUT2D eigenvalue weighted by atomic mass is 9.91. The fourth-order valence-corrected chi connectivity index (χ4v) is 4.93. The van der Waals surface area contributed by atoms with Crippen LogP contribution in [0.3, 0.4) is 0 Å². The second-order valence-corrected chi connectivity index (χ2v) is 9.24. The van der Waals surface area contributed by atoms with Gasteiger partial charge in [-0.25, -0.2) is 8.42 Å². The van der Waals surface area contributed by atoms with Crippen LogP contribution in [0.5, 0.6) is 5.75 Å². The summed E-state index contributed by atoms with van der Waals surface area (Å²) in [5.74, 6) is 0.745. The molecule has 0 fully saturated rings. The molecule has 0 radical (unpaired) electrons. The van der Waals surface area contributed by atoms with Crippen LogP contribution >= 0.6 is 23.2 Å². The van der Waals surface area contributed by atoms with Gasteiger partial charge in [-0.05, 0) is 67.1 Å². The molecule has 3 rings (SSSR count). The Labute approximate surface area is 189 Å². The predicted octanol–water partition coefficient (Wildman–Crippen LogP) is 5.70. The summed E-state index contributed by atoms with van der Waals surface area (Å²) in [5.41, 5.74) is 5.15. The Morgan fingerprint density at radius 3 is 2.10 bits per heavy atom. The van der Waals surface area contributed by atoms with Crippen LogP contribution in [0.25, 0.3) is 0 Å². The average Bonchev–Trinajstić information content (AvgIpc) is 2.65. The number of hydrogen-bond acceptors (Lipinski definition) is 4. The molecule has 3 N–H and O–H groups in total. The van der Waals surface area contributed by atoms with Gasteiger partial charge in [-0.1, -0.05) is 29.8 Å². The molecule has 2 aromatic carbocycles. The summed E-state index contributed by atoms with van der Waals surface area (Å²) >= 11 is 11.9. The molecule has 0 saturated heterocycles. The van der Waals surface area contributed by atoms with Crippen molar-refractivity contribution in [3.63, 3.8) is 0 Å². The van der Waals surface area contributed by atoms with Crippen LogP contribution in [-0.2, 0) is 22.9 Å². The minimum atomic E-state index is -4.42. The highest BCUT2D eigenvalue weighted by atomic mass is 35.5. The zero-order valence-electron chi connectivity index (χ0n) is 16.5. The standard InChI is InChI=1S/C17H17Cl2NO3S.C3H4F3N/c1-23-16-6-7-17(15-5-3-2-4-14(15)16)24(21,22)20-13-9-11(18)8-12(19)10-13;1-2(7)3(4,5)6/h6-10,20H,2-5H2,1H3;1,7H2. The summed E-state index contributed by atoms with van der Waals surface area (Å²) < 4.78 is 66.5. The van der Waals surface area contributed by atoms with Gasteiger partial charge >= 0.3 is 6.18 Å². The third-order valence-electron chi connectivity index (χ3n) is 4.44. The van der Waals surface area contributed by atoms with Crippen molar-refractivity contribution in [3.05, 3.63) is 63.8 Å². The van der Waals surface area contributed by atoms with Gasteiger partial charge in [0, 0.05) is 10.0 Å². The van der Waals surface area contributed by atoms with Crippen LogP contribution < -0.4 is 15.2 Å². The highest BCUT2D eigenvalue weighted by Crippen LogP contribution is 2.35. The largest absolute Gasteiger partial charge is 0.496 e. The lowest BCUT2D eigenvalue weighted by molar-refractivity contribution is -0.0922. The first-order valence-electron chi connectivity index (χ1n) is 9.04. The molecule has 0 heterocycles. The number of hydrogen-bond donors (Lipinski definition) is 2. The normalized spacial score (nSPS) is 13.5. The van der Waals surface area contributed by atoms with Crippen LogP contribution in [0.4, 0.5) is 18.9 Å². The monoisotopic (exact) mass is 496 g/mol. The van der Waals surface area contributed by atoms with E-state index in [0.29, 0.717) is 15.7 Å². The van der Waals surface area contributed by atoms with Crippen LogP contribution in [0.15, 0.2) is 47.5 Å². The number of anilines is 1. The number of benzene rings is 2. The fraction of sp³-hybridized carbons (Fsp3) is 0.300. The summed E-state index contributed by atoms with van der Waals surface area (Å²) in [5, 5.41) is 0.744. The van der Waals surface area contributed by atoms with E-state index in [1.807, 2.05) is 0 Å². The average molecular weight is 497 g/mol. The summed E-state index contributed by atoms with van der Waals surface area (Å²) in [4.78, 5) is 0.286. The predicted molar refractivity (Wildman–Crippen MR) is 116 cm³/mol. The van der Waals surface area contributed by atoms with Crippen molar-refractivity contribution >= 4 is 38.9 Å². The Kier molecular flexibility index (Phi) is 8.13. The molecule has 0 unspecified atom stereocenters. The highest BCUT2D eigenvalue weighted by molar-refractivity contribution is 7.92. The number of alkyl halides is 3. The maximum absolute atomic E-state index is 12.9. The van der Waals surface area contributed by atoms with Crippen molar-refractivity contribution in [1.29, 1.82) is 0 Å². The van der Waals surface area contributed by atoms with Gasteiger partial charge in [0.2, 0.25) is 0 Å². The molecular weight excluding hydrogens is 476 g/mol. The molecule has 1 aliphatic rings. The molecule has 11 heteroatoms.